The summed E-state index contributed by atoms with van der Waals surface area (Å²) >= 11 is 1.52. The Morgan fingerprint density at radius 3 is 2.80 bits per heavy atom. The highest BCUT2D eigenvalue weighted by Crippen LogP contribution is 2.23. The fraction of sp³-hybridized carbons (Fsp3) is 0.375. The normalized spacial score (nSPS) is 10.8. The maximum Gasteiger partial charge on any atom is 0.144 e. The topological polar surface area (TPSA) is 39.2 Å². The molecule has 2 aromatic rings. The van der Waals surface area contributed by atoms with Crippen LogP contribution in [0.5, 0.6) is 5.75 Å². The molecule has 0 aliphatic rings. The molecule has 0 unspecified atom stereocenters. The van der Waals surface area contributed by atoms with E-state index < -0.39 is 0 Å². The number of nitrogens with zero attached hydrogens (tertiary/aromatic N) is 1. The molecule has 1 heterocycles. The van der Waals surface area contributed by atoms with E-state index in [1.165, 1.54) is 11.3 Å². The van der Waals surface area contributed by atoms with Crippen molar-refractivity contribution in [3.8, 4) is 5.75 Å². The van der Waals surface area contributed by atoms with E-state index in [4.69, 9.17) is 4.74 Å². The summed E-state index contributed by atoms with van der Waals surface area (Å²) in [7, 11) is 0. The van der Waals surface area contributed by atoms with E-state index in [2.05, 4.69) is 4.98 Å². The number of carbonyl (C=O) groups excluding carboxylic acids is 1. The number of hydrogen-bond acceptors (Lipinski definition) is 4. The number of carbonyl (C=O) groups is 1. The van der Waals surface area contributed by atoms with Gasteiger partial charge in [-0.05, 0) is 32.4 Å². The van der Waals surface area contributed by atoms with E-state index in [-0.39, 0.29) is 11.9 Å². The minimum Gasteiger partial charge on any atom is -0.491 e. The quantitative estimate of drug-likeness (QED) is 0.815. The van der Waals surface area contributed by atoms with Gasteiger partial charge in [-0.25, -0.2) is 4.98 Å². The van der Waals surface area contributed by atoms with Crippen molar-refractivity contribution in [3.63, 3.8) is 0 Å². The van der Waals surface area contributed by atoms with Crippen molar-refractivity contribution in [1.82, 2.24) is 4.98 Å². The second-order valence-corrected chi connectivity index (χ2v) is 6.07. The van der Waals surface area contributed by atoms with Gasteiger partial charge in [0.25, 0.3) is 0 Å². The second kappa shape index (κ2) is 6.66. The Bertz CT molecular complexity index is 576. The van der Waals surface area contributed by atoms with E-state index in [9.17, 15) is 4.79 Å². The lowest BCUT2D eigenvalue weighted by atomic mass is 10.0. The molecule has 2 rings (SSSR count). The van der Waals surface area contributed by atoms with Crippen LogP contribution in [0.4, 0.5) is 0 Å². The van der Waals surface area contributed by atoms with Crippen LogP contribution in [0.15, 0.2) is 29.8 Å². The summed E-state index contributed by atoms with van der Waals surface area (Å²) in [6, 6.07) is 5.98. The van der Waals surface area contributed by atoms with Crippen molar-refractivity contribution in [3.05, 3.63) is 45.9 Å². The minimum absolute atomic E-state index is 0.101. The van der Waals surface area contributed by atoms with Gasteiger partial charge in [0.1, 0.15) is 11.5 Å². The maximum atomic E-state index is 12.1. The van der Waals surface area contributed by atoms with E-state index in [1.54, 1.807) is 6.20 Å². The molecular formula is C16H19NO2S. The molecule has 0 atom stereocenters. The highest BCUT2D eigenvalue weighted by molar-refractivity contribution is 7.09. The highest BCUT2D eigenvalue weighted by atomic mass is 32.1. The first-order valence-corrected chi connectivity index (χ1v) is 7.59. The van der Waals surface area contributed by atoms with E-state index in [0.29, 0.717) is 12.8 Å². The number of thiazole rings is 1. The van der Waals surface area contributed by atoms with Crippen LogP contribution >= 0.6 is 11.3 Å². The second-order valence-electron chi connectivity index (χ2n) is 5.10. The predicted molar refractivity (Wildman–Crippen MR) is 81.5 cm³/mol. The number of ether oxygens (including phenoxy) is 1. The van der Waals surface area contributed by atoms with E-state index >= 15 is 0 Å². The number of hydrogen-bond donors (Lipinski definition) is 0. The molecule has 0 spiro atoms. The minimum atomic E-state index is 0.101. The number of aromatic nitrogens is 1. The molecule has 20 heavy (non-hydrogen) atoms. The zero-order valence-electron chi connectivity index (χ0n) is 12.1. The van der Waals surface area contributed by atoms with E-state index in [0.717, 1.165) is 21.9 Å². The lowest BCUT2D eigenvalue weighted by molar-refractivity contribution is -0.117. The predicted octanol–water partition coefficient (Wildman–Crippen LogP) is 3.59. The summed E-state index contributed by atoms with van der Waals surface area (Å²) < 4.78 is 5.80. The Hall–Kier alpha value is -1.68. The van der Waals surface area contributed by atoms with Gasteiger partial charge in [0, 0.05) is 23.6 Å². The number of benzene rings is 1. The van der Waals surface area contributed by atoms with Crippen LogP contribution in [-0.4, -0.2) is 16.9 Å². The summed E-state index contributed by atoms with van der Waals surface area (Å²) in [6.07, 6.45) is 2.62. The van der Waals surface area contributed by atoms with Gasteiger partial charge in [-0.1, -0.05) is 12.1 Å². The van der Waals surface area contributed by atoms with Gasteiger partial charge in [0.2, 0.25) is 0 Å². The lowest BCUT2D eigenvalue weighted by Gasteiger charge is -2.14. The average Bonchev–Trinajstić information content (AvgIpc) is 2.84. The summed E-state index contributed by atoms with van der Waals surface area (Å²) in [5.41, 5.74) is 2.09. The number of ketones is 1. The molecule has 3 nitrogen and oxygen atoms in total. The molecule has 0 aliphatic heterocycles. The van der Waals surface area contributed by atoms with Crippen molar-refractivity contribution in [2.45, 2.75) is 39.7 Å². The Kier molecular flexibility index (Phi) is 4.90. The van der Waals surface area contributed by atoms with Gasteiger partial charge in [0.05, 0.1) is 17.5 Å². The number of Topliss-reactive ketones (excluding diaryl/α,β-unsaturated/α-hetero) is 1. The van der Waals surface area contributed by atoms with E-state index in [1.807, 2.05) is 44.4 Å². The van der Waals surface area contributed by atoms with Crippen molar-refractivity contribution < 1.29 is 9.53 Å². The van der Waals surface area contributed by atoms with Crippen LogP contribution in [0, 0.1) is 6.92 Å². The molecule has 106 valence electrons. The summed E-state index contributed by atoms with van der Waals surface area (Å²) in [6.45, 7) is 6.00. The Morgan fingerprint density at radius 2 is 2.15 bits per heavy atom. The van der Waals surface area contributed by atoms with Crippen LogP contribution in [0.2, 0.25) is 0 Å². The molecule has 0 radical (unpaired) electrons. The zero-order chi connectivity index (χ0) is 14.5. The highest BCUT2D eigenvalue weighted by Gasteiger charge is 2.12. The van der Waals surface area contributed by atoms with Crippen molar-refractivity contribution in [2.75, 3.05) is 0 Å². The molecule has 4 heteroatoms. The van der Waals surface area contributed by atoms with Crippen LogP contribution in [0.25, 0.3) is 0 Å². The summed E-state index contributed by atoms with van der Waals surface area (Å²) in [4.78, 5) is 16.3. The first-order valence-electron chi connectivity index (χ1n) is 6.71. The van der Waals surface area contributed by atoms with Crippen LogP contribution < -0.4 is 4.74 Å². The first-order chi connectivity index (χ1) is 9.54. The van der Waals surface area contributed by atoms with Crippen molar-refractivity contribution >= 4 is 17.1 Å². The zero-order valence-corrected chi connectivity index (χ0v) is 12.9. The third-order valence-corrected chi connectivity index (χ3v) is 3.58. The standard InChI is InChI=1S/C16H19NO2S/c1-11(2)19-15-8-12(3)4-5-13(15)9-14(18)10-16-17-6-7-20-16/h4-8,11H,9-10H2,1-3H3. The van der Waals surface area contributed by atoms with Crippen molar-refractivity contribution in [1.29, 1.82) is 0 Å². The van der Waals surface area contributed by atoms with Gasteiger partial charge in [-0.15, -0.1) is 11.3 Å². The third kappa shape index (κ3) is 4.17. The molecule has 0 N–H and O–H groups in total. The SMILES string of the molecule is Cc1ccc(CC(=O)Cc2nccs2)c(OC(C)C)c1. The van der Waals surface area contributed by atoms with Gasteiger partial charge in [-0.2, -0.15) is 0 Å². The molecule has 1 aromatic carbocycles. The average molecular weight is 289 g/mol. The van der Waals surface area contributed by atoms with Gasteiger partial charge < -0.3 is 4.74 Å². The fourth-order valence-electron chi connectivity index (χ4n) is 1.96. The Balaban J connectivity index is 2.09. The van der Waals surface area contributed by atoms with Crippen LogP contribution in [0.1, 0.15) is 30.0 Å². The molecule has 1 aromatic heterocycles. The molecule has 0 saturated carbocycles. The monoisotopic (exact) mass is 289 g/mol. The number of rotatable bonds is 6. The van der Waals surface area contributed by atoms with Gasteiger partial charge >= 0.3 is 0 Å². The molecular weight excluding hydrogens is 270 g/mol. The summed E-state index contributed by atoms with van der Waals surface area (Å²) in [5, 5.41) is 2.76. The summed E-state index contributed by atoms with van der Waals surface area (Å²) in [5.74, 6) is 0.977. The van der Waals surface area contributed by atoms with Gasteiger partial charge in [-0.3, -0.25) is 4.79 Å². The Labute approximate surface area is 123 Å². The van der Waals surface area contributed by atoms with Crippen LogP contribution in [0.3, 0.4) is 0 Å². The smallest absolute Gasteiger partial charge is 0.144 e. The number of aryl methyl sites for hydroxylation is 1. The molecule has 0 aliphatic carbocycles. The Morgan fingerprint density at radius 1 is 1.35 bits per heavy atom. The maximum absolute atomic E-state index is 12.1. The molecule has 0 fully saturated rings. The van der Waals surface area contributed by atoms with Crippen LogP contribution in [-0.2, 0) is 17.6 Å². The molecule has 0 amide bonds. The third-order valence-electron chi connectivity index (χ3n) is 2.80. The lowest BCUT2D eigenvalue weighted by Crippen LogP contribution is -2.11. The largest absolute Gasteiger partial charge is 0.491 e. The molecule has 0 saturated heterocycles. The first kappa shape index (κ1) is 14.7. The fourth-order valence-corrected chi connectivity index (χ4v) is 2.60. The van der Waals surface area contributed by atoms with Gasteiger partial charge in [0.15, 0.2) is 0 Å². The van der Waals surface area contributed by atoms with Crippen molar-refractivity contribution in [2.24, 2.45) is 0 Å². The molecule has 0 bridgehead atoms.